The summed E-state index contributed by atoms with van der Waals surface area (Å²) in [7, 11) is 1.79. The van der Waals surface area contributed by atoms with Crippen molar-refractivity contribution in [3.8, 4) is 6.07 Å². The number of para-hydroxylation sites is 2. The van der Waals surface area contributed by atoms with E-state index in [2.05, 4.69) is 21.4 Å². The molecule has 88 valence electrons. The van der Waals surface area contributed by atoms with Gasteiger partial charge in [0.2, 0.25) is 0 Å². The number of thioether (sulfide) groups is 1. The standard InChI is InChI=1S/C12H14N4S/c1-12(7-13,14-2)8-17-11-15-9-5-3-4-6-10(9)16-11/h3-6,14H,8H2,1-2H3,(H,15,16). The number of rotatable bonds is 4. The third-order valence-corrected chi connectivity index (χ3v) is 3.85. The molecule has 0 bridgehead atoms. The molecule has 0 saturated carbocycles. The molecule has 2 aromatic rings. The van der Waals surface area contributed by atoms with Gasteiger partial charge in [-0.1, -0.05) is 23.9 Å². The van der Waals surface area contributed by atoms with Gasteiger partial charge in [0.1, 0.15) is 5.54 Å². The zero-order chi connectivity index (χ0) is 12.3. The number of nitrogens with zero attached hydrogens (tertiary/aromatic N) is 2. The quantitative estimate of drug-likeness (QED) is 0.811. The predicted molar refractivity (Wildman–Crippen MR) is 69.9 cm³/mol. The average Bonchev–Trinajstić information content (AvgIpc) is 2.79. The van der Waals surface area contributed by atoms with Gasteiger partial charge in [0.15, 0.2) is 5.16 Å². The molecular weight excluding hydrogens is 232 g/mol. The number of nitrogens with one attached hydrogen (secondary N) is 2. The molecule has 0 fully saturated rings. The van der Waals surface area contributed by atoms with Gasteiger partial charge in [-0.15, -0.1) is 0 Å². The Bertz CT molecular complexity index is 524. The molecule has 1 aromatic carbocycles. The highest BCUT2D eigenvalue weighted by atomic mass is 32.2. The summed E-state index contributed by atoms with van der Waals surface area (Å²) in [6.07, 6.45) is 0. The zero-order valence-corrected chi connectivity index (χ0v) is 10.6. The summed E-state index contributed by atoms with van der Waals surface area (Å²) in [6.45, 7) is 1.88. The molecule has 17 heavy (non-hydrogen) atoms. The maximum absolute atomic E-state index is 9.05. The van der Waals surface area contributed by atoms with Gasteiger partial charge in [-0.05, 0) is 26.1 Å². The topological polar surface area (TPSA) is 64.5 Å². The number of nitriles is 1. The van der Waals surface area contributed by atoms with Gasteiger partial charge in [-0.25, -0.2) is 4.98 Å². The van der Waals surface area contributed by atoms with Gasteiger partial charge in [0, 0.05) is 5.75 Å². The van der Waals surface area contributed by atoms with Gasteiger partial charge in [-0.2, -0.15) is 5.26 Å². The lowest BCUT2D eigenvalue weighted by Gasteiger charge is -2.18. The van der Waals surface area contributed by atoms with E-state index >= 15 is 0 Å². The second-order valence-corrected chi connectivity index (χ2v) is 5.01. The van der Waals surface area contributed by atoms with Crippen LogP contribution >= 0.6 is 11.8 Å². The van der Waals surface area contributed by atoms with E-state index in [9.17, 15) is 0 Å². The molecule has 1 atom stereocenters. The van der Waals surface area contributed by atoms with Crippen LogP contribution in [0.2, 0.25) is 0 Å². The van der Waals surface area contributed by atoms with E-state index in [1.807, 2.05) is 31.2 Å². The summed E-state index contributed by atoms with van der Waals surface area (Å²) in [5.74, 6) is 0.653. The van der Waals surface area contributed by atoms with Crippen LogP contribution in [0.4, 0.5) is 0 Å². The van der Waals surface area contributed by atoms with E-state index in [4.69, 9.17) is 5.26 Å². The second kappa shape index (κ2) is 4.78. The lowest BCUT2D eigenvalue weighted by Crippen LogP contribution is -2.40. The number of H-pyrrole nitrogens is 1. The molecule has 0 aliphatic heterocycles. The normalized spacial score (nSPS) is 14.4. The summed E-state index contributed by atoms with van der Waals surface area (Å²) in [5, 5.41) is 12.9. The van der Waals surface area contributed by atoms with E-state index in [1.165, 1.54) is 0 Å². The molecule has 5 heteroatoms. The highest BCUT2D eigenvalue weighted by Crippen LogP contribution is 2.22. The second-order valence-electron chi connectivity index (χ2n) is 4.04. The molecule has 0 saturated heterocycles. The van der Waals surface area contributed by atoms with Crippen molar-refractivity contribution in [2.75, 3.05) is 12.8 Å². The number of aromatic nitrogens is 2. The van der Waals surface area contributed by atoms with Crippen LogP contribution < -0.4 is 5.32 Å². The Hall–Kier alpha value is -1.51. The van der Waals surface area contributed by atoms with Crippen LogP contribution in [0, 0.1) is 11.3 Å². The van der Waals surface area contributed by atoms with Crippen molar-refractivity contribution in [2.45, 2.75) is 17.6 Å². The Morgan fingerprint density at radius 2 is 2.29 bits per heavy atom. The number of hydrogen-bond acceptors (Lipinski definition) is 4. The van der Waals surface area contributed by atoms with Crippen LogP contribution in [0.25, 0.3) is 11.0 Å². The first kappa shape index (κ1) is 12.0. The molecule has 4 nitrogen and oxygen atoms in total. The number of benzene rings is 1. The van der Waals surface area contributed by atoms with Gasteiger partial charge in [0.05, 0.1) is 17.1 Å². The molecule has 1 unspecified atom stereocenters. The summed E-state index contributed by atoms with van der Waals surface area (Å²) >= 11 is 1.55. The Kier molecular flexibility index (Phi) is 3.36. The number of imidazole rings is 1. The fraction of sp³-hybridized carbons (Fsp3) is 0.333. The van der Waals surface area contributed by atoms with Crippen LogP contribution in [-0.4, -0.2) is 28.3 Å². The van der Waals surface area contributed by atoms with Crippen LogP contribution in [-0.2, 0) is 0 Å². The van der Waals surface area contributed by atoms with Crippen molar-refractivity contribution >= 4 is 22.8 Å². The van der Waals surface area contributed by atoms with Crippen molar-refractivity contribution in [1.29, 1.82) is 5.26 Å². The van der Waals surface area contributed by atoms with Gasteiger partial charge >= 0.3 is 0 Å². The monoisotopic (exact) mass is 246 g/mol. The van der Waals surface area contributed by atoms with E-state index < -0.39 is 5.54 Å². The molecule has 1 aromatic heterocycles. The highest BCUT2D eigenvalue weighted by molar-refractivity contribution is 7.99. The van der Waals surface area contributed by atoms with Gasteiger partial charge in [0.25, 0.3) is 0 Å². The molecule has 0 radical (unpaired) electrons. The molecule has 1 heterocycles. The van der Waals surface area contributed by atoms with Gasteiger partial charge in [-0.3, -0.25) is 0 Å². The van der Waals surface area contributed by atoms with Crippen molar-refractivity contribution in [3.63, 3.8) is 0 Å². The fourth-order valence-corrected chi connectivity index (χ4v) is 2.35. The number of hydrogen-bond donors (Lipinski definition) is 2. The molecular formula is C12H14N4S. The minimum Gasteiger partial charge on any atom is -0.333 e. The highest BCUT2D eigenvalue weighted by Gasteiger charge is 2.21. The third-order valence-electron chi connectivity index (χ3n) is 2.66. The zero-order valence-electron chi connectivity index (χ0n) is 9.82. The Balaban J connectivity index is 2.12. The van der Waals surface area contributed by atoms with Crippen LogP contribution in [0.3, 0.4) is 0 Å². The van der Waals surface area contributed by atoms with Crippen LogP contribution in [0.5, 0.6) is 0 Å². The van der Waals surface area contributed by atoms with Crippen molar-refractivity contribution in [1.82, 2.24) is 15.3 Å². The molecule has 0 aliphatic carbocycles. The number of fused-ring (bicyclic) bond motifs is 1. The van der Waals surface area contributed by atoms with E-state index in [0.717, 1.165) is 16.2 Å². The van der Waals surface area contributed by atoms with Crippen LogP contribution in [0.15, 0.2) is 29.4 Å². The van der Waals surface area contributed by atoms with Crippen molar-refractivity contribution < 1.29 is 0 Å². The smallest absolute Gasteiger partial charge is 0.166 e. The average molecular weight is 246 g/mol. The molecule has 0 amide bonds. The van der Waals surface area contributed by atoms with Crippen LogP contribution in [0.1, 0.15) is 6.92 Å². The molecule has 2 N–H and O–H groups in total. The summed E-state index contributed by atoms with van der Waals surface area (Å²) in [4.78, 5) is 7.69. The van der Waals surface area contributed by atoms with Crippen molar-refractivity contribution in [2.24, 2.45) is 0 Å². The van der Waals surface area contributed by atoms with E-state index in [0.29, 0.717) is 5.75 Å². The lowest BCUT2D eigenvalue weighted by atomic mass is 10.1. The molecule has 2 rings (SSSR count). The summed E-state index contributed by atoms with van der Waals surface area (Å²) in [5.41, 5.74) is 1.46. The third kappa shape index (κ3) is 2.60. The van der Waals surface area contributed by atoms with Crippen molar-refractivity contribution in [3.05, 3.63) is 24.3 Å². The Morgan fingerprint density at radius 3 is 2.94 bits per heavy atom. The molecule has 0 spiro atoms. The van der Waals surface area contributed by atoms with E-state index in [-0.39, 0.29) is 0 Å². The lowest BCUT2D eigenvalue weighted by molar-refractivity contribution is 0.550. The SMILES string of the molecule is CNC(C)(C#N)CSc1nc2ccccc2[nH]1. The Morgan fingerprint density at radius 1 is 1.53 bits per heavy atom. The fourth-order valence-electron chi connectivity index (χ4n) is 1.37. The minimum absolute atomic E-state index is 0.524. The minimum atomic E-state index is -0.524. The first-order chi connectivity index (χ1) is 8.17. The Labute approximate surface area is 104 Å². The predicted octanol–water partition coefficient (Wildman–Crippen LogP) is 2.16. The maximum atomic E-state index is 9.05. The molecule has 0 aliphatic rings. The largest absolute Gasteiger partial charge is 0.333 e. The first-order valence-electron chi connectivity index (χ1n) is 5.34. The summed E-state index contributed by atoms with van der Waals surface area (Å²) < 4.78 is 0. The maximum Gasteiger partial charge on any atom is 0.166 e. The summed E-state index contributed by atoms with van der Waals surface area (Å²) in [6, 6.07) is 10.2. The van der Waals surface area contributed by atoms with E-state index in [1.54, 1.807) is 18.8 Å². The first-order valence-corrected chi connectivity index (χ1v) is 6.33. The number of aromatic amines is 1. The van der Waals surface area contributed by atoms with Gasteiger partial charge < -0.3 is 10.3 Å².